The summed E-state index contributed by atoms with van der Waals surface area (Å²) in [6.45, 7) is 6.46. The predicted molar refractivity (Wildman–Crippen MR) is 316 cm³/mol. The molecule has 0 aliphatic rings. The molecular formula is C67H114O6. The third-order valence-electron chi connectivity index (χ3n) is 13.1. The quantitative estimate of drug-likeness (QED) is 0.0261. The molecule has 0 aromatic rings. The Hall–Kier alpha value is -3.67. The number of hydrogen-bond acceptors (Lipinski definition) is 6. The molecule has 6 nitrogen and oxygen atoms in total. The molecule has 0 radical (unpaired) electrons. The summed E-state index contributed by atoms with van der Waals surface area (Å²) in [5.74, 6) is -0.925. The van der Waals surface area contributed by atoms with Crippen molar-refractivity contribution in [3.05, 3.63) is 97.2 Å². The second-order valence-electron chi connectivity index (χ2n) is 20.2. The molecule has 0 saturated carbocycles. The third kappa shape index (κ3) is 59.1. The number of carbonyl (C=O) groups is 3. The van der Waals surface area contributed by atoms with Crippen molar-refractivity contribution in [2.75, 3.05) is 13.2 Å². The van der Waals surface area contributed by atoms with Gasteiger partial charge in [0.25, 0.3) is 0 Å². The zero-order valence-electron chi connectivity index (χ0n) is 47.9. The van der Waals surface area contributed by atoms with E-state index in [9.17, 15) is 14.4 Å². The Morgan fingerprint density at radius 3 is 0.849 bits per heavy atom. The number of ether oxygens (including phenoxy) is 3. The van der Waals surface area contributed by atoms with Crippen LogP contribution < -0.4 is 0 Å². The monoisotopic (exact) mass is 1010 g/mol. The first-order valence-corrected chi connectivity index (χ1v) is 30.7. The lowest BCUT2D eigenvalue weighted by atomic mass is 10.0. The standard InChI is InChI=1S/C67H114O6/c1-4-7-10-13-16-18-20-22-24-26-28-29-30-31-32-33-34-35-36-37-39-40-42-44-46-48-51-54-57-60-66(69)72-63-64(62-71-65(68)59-56-53-50-15-12-9-6-3)73-67(70)61-58-55-52-49-47-45-43-41-38-27-25-23-21-19-17-14-11-8-5-2/h8,11,17,19-20,22-23,25-26,28,30-31,38,41,45,47,64H,4-7,9-10,12-16,18,21,24,27,29,32-37,39-40,42-44,46,48-63H2,1-3H3/b11-8-,19-17-,22-20-,25-23-,28-26-,31-30-,41-38-,47-45-. The lowest BCUT2D eigenvalue weighted by Crippen LogP contribution is -2.30. The van der Waals surface area contributed by atoms with Crippen molar-refractivity contribution in [3.8, 4) is 0 Å². The van der Waals surface area contributed by atoms with Crippen LogP contribution in [0.1, 0.15) is 290 Å². The summed E-state index contributed by atoms with van der Waals surface area (Å²) in [4.78, 5) is 38.0. The van der Waals surface area contributed by atoms with Crippen LogP contribution in [0.4, 0.5) is 0 Å². The summed E-state index contributed by atoms with van der Waals surface area (Å²) >= 11 is 0. The molecule has 6 heteroatoms. The average molecular weight is 1020 g/mol. The van der Waals surface area contributed by atoms with Gasteiger partial charge in [-0.1, -0.05) is 266 Å². The van der Waals surface area contributed by atoms with E-state index in [1.54, 1.807) is 0 Å². The molecule has 0 N–H and O–H groups in total. The van der Waals surface area contributed by atoms with Crippen LogP contribution >= 0.6 is 0 Å². The molecule has 0 rings (SSSR count). The van der Waals surface area contributed by atoms with Crippen molar-refractivity contribution >= 4 is 17.9 Å². The summed E-state index contributed by atoms with van der Waals surface area (Å²) in [5, 5.41) is 0. The molecule has 0 aliphatic heterocycles. The van der Waals surface area contributed by atoms with Crippen LogP contribution in [-0.4, -0.2) is 37.2 Å². The fourth-order valence-corrected chi connectivity index (χ4v) is 8.48. The Morgan fingerprint density at radius 2 is 0.534 bits per heavy atom. The van der Waals surface area contributed by atoms with Crippen molar-refractivity contribution in [1.29, 1.82) is 0 Å². The number of allylic oxidation sites excluding steroid dienone is 16. The van der Waals surface area contributed by atoms with Gasteiger partial charge in [-0.3, -0.25) is 14.4 Å². The van der Waals surface area contributed by atoms with E-state index in [4.69, 9.17) is 14.2 Å². The first-order valence-electron chi connectivity index (χ1n) is 30.7. The molecule has 418 valence electrons. The van der Waals surface area contributed by atoms with E-state index in [2.05, 4.69) is 118 Å². The molecule has 0 fully saturated rings. The summed E-state index contributed by atoms with van der Waals surface area (Å²) in [6, 6.07) is 0. The maximum Gasteiger partial charge on any atom is 0.306 e. The molecule has 0 aliphatic carbocycles. The van der Waals surface area contributed by atoms with E-state index in [0.29, 0.717) is 12.8 Å². The lowest BCUT2D eigenvalue weighted by molar-refractivity contribution is -0.167. The van der Waals surface area contributed by atoms with Gasteiger partial charge in [0, 0.05) is 19.3 Å². The highest BCUT2D eigenvalue weighted by molar-refractivity contribution is 5.71. The van der Waals surface area contributed by atoms with E-state index in [1.807, 2.05) is 0 Å². The molecule has 0 amide bonds. The van der Waals surface area contributed by atoms with Gasteiger partial charge >= 0.3 is 17.9 Å². The normalized spacial score (nSPS) is 12.8. The maximum atomic E-state index is 12.8. The van der Waals surface area contributed by atoms with Crippen molar-refractivity contribution in [2.24, 2.45) is 0 Å². The van der Waals surface area contributed by atoms with Crippen molar-refractivity contribution in [2.45, 2.75) is 297 Å². The third-order valence-corrected chi connectivity index (χ3v) is 13.1. The summed E-state index contributed by atoms with van der Waals surface area (Å²) in [7, 11) is 0. The highest BCUT2D eigenvalue weighted by Crippen LogP contribution is 2.16. The van der Waals surface area contributed by atoms with Gasteiger partial charge in [0.05, 0.1) is 0 Å². The van der Waals surface area contributed by atoms with Crippen LogP contribution in [0.3, 0.4) is 0 Å². The van der Waals surface area contributed by atoms with Gasteiger partial charge < -0.3 is 14.2 Å². The second-order valence-corrected chi connectivity index (χ2v) is 20.2. The highest BCUT2D eigenvalue weighted by atomic mass is 16.6. The fourth-order valence-electron chi connectivity index (χ4n) is 8.48. The number of rotatable bonds is 55. The molecule has 0 heterocycles. The molecule has 1 atom stereocenters. The summed E-state index contributed by atoms with van der Waals surface area (Å²) in [5.41, 5.74) is 0. The molecule has 0 aromatic carbocycles. The van der Waals surface area contributed by atoms with Crippen LogP contribution in [0, 0.1) is 0 Å². The number of carbonyl (C=O) groups excluding carboxylic acids is 3. The van der Waals surface area contributed by atoms with E-state index >= 15 is 0 Å². The molecule has 0 aromatic heterocycles. The number of esters is 3. The minimum absolute atomic E-state index is 0.0900. The molecule has 0 spiro atoms. The van der Waals surface area contributed by atoms with Crippen molar-refractivity contribution in [3.63, 3.8) is 0 Å². The van der Waals surface area contributed by atoms with Gasteiger partial charge in [0.1, 0.15) is 13.2 Å². The average Bonchev–Trinajstić information content (AvgIpc) is 3.39. The van der Waals surface area contributed by atoms with E-state index < -0.39 is 6.10 Å². The van der Waals surface area contributed by atoms with E-state index in [0.717, 1.165) is 109 Å². The zero-order valence-corrected chi connectivity index (χ0v) is 47.9. The van der Waals surface area contributed by atoms with Gasteiger partial charge in [-0.2, -0.15) is 0 Å². The number of hydrogen-bond donors (Lipinski definition) is 0. The minimum atomic E-state index is -0.793. The van der Waals surface area contributed by atoms with Crippen LogP contribution in [0.5, 0.6) is 0 Å². The van der Waals surface area contributed by atoms with Crippen LogP contribution in [-0.2, 0) is 28.6 Å². The molecule has 73 heavy (non-hydrogen) atoms. The minimum Gasteiger partial charge on any atom is -0.462 e. The topological polar surface area (TPSA) is 78.9 Å². The van der Waals surface area contributed by atoms with Crippen LogP contribution in [0.15, 0.2) is 97.2 Å². The Morgan fingerprint density at radius 1 is 0.288 bits per heavy atom. The van der Waals surface area contributed by atoms with Gasteiger partial charge in [-0.05, 0) is 103 Å². The Balaban J connectivity index is 4.16. The van der Waals surface area contributed by atoms with Gasteiger partial charge in [-0.25, -0.2) is 0 Å². The fraction of sp³-hybridized carbons (Fsp3) is 0.716. The molecule has 0 saturated heterocycles. The van der Waals surface area contributed by atoms with Crippen molar-refractivity contribution in [1.82, 2.24) is 0 Å². The smallest absolute Gasteiger partial charge is 0.306 e. The predicted octanol–water partition coefficient (Wildman–Crippen LogP) is 20.9. The largest absolute Gasteiger partial charge is 0.462 e. The van der Waals surface area contributed by atoms with Gasteiger partial charge in [0.15, 0.2) is 6.10 Å². The van der Waals surface area contributed by atoms with E-state index in [1.165, 1.54) is 141 Å². The maximum absolute atomic E-state index is 12.8. The molecule has 1 unspecified atom stereocenters. The van der Waals surface area contributed by atoms with Crippen LogP contribution in [0.25, 0.3) is 0 Å². The van der Waals surface area contributed by atoms with Crippen LogP contribution in [0.2, 0.25) is 0 Å². The van der Waals surface area contributed by atoms with E-state index in [-0.39, 0.29) is 37.5 Å². The highest BCUT2D eigenvalue weighted by Gasteiger charge is 2.19. The van der Waals surface area contributed by atoms with Gasteiger partial charge in [0.2, 0.25) is 0 Å². The summed E-state index contributed by atoms with van der Waals surface area (Å²) in [6.07, 6.45) is 81.5. The second kappa shape index (κ2) is 60.9. The lowest BCUT2D eigenvalue weighted by Gasteiger charge is -2.18. The Labute approximate surface area is 451 Å². The zero-order chi connectivity index (χ0) is 52.9. The Bertz CT molecular complexity index is 1440. The first-order chi connectivity index (χ1) is 36.0. The molecular weight excluding hydrogens is 901 g/mol. The van der Waals surface area contributed by atoms with Crippen molar-refractivity contribution < 1.29 is 28.6 Å². The number of unbranched alkanes of at least 4 members (excludes halogenated alkanes) is 28. The van der Waals surface area contributed by atoms with Gasteiger partial charge in [-0.15, -0.1) is 0 Å². The Kier molecular flexibility index (Phi) is 57.8. The summed E-state index contributed by atoms with van der Waals surface area (Å²) < 4.78 is 16.8. The first kappa shape index (κ1) is 69.3. The molecule has 0 bridgehead atoms. The SMILES string of the molecule is CC/C=C\C/C=C\C/C=C\C/C=C\C/C=C\CCCCCC(=O)OC(COC(=O)CCCCCCCCC)COC(=O)CCCCCCCCCCCCCCCC/C=C\C/C=C\C/C=C\CCCCCCC.